The lowest BCUT2D eigenvalue weighted by atomic mass is 10.00. The highest BCUT2D eigenvalue weighted by Crippen LogP contribution is 2.37. The van der Waals surface area contributed by atoms with E-state index in [1.54, 1.807) is 30.3 Å². The molecule has 0 saturated carbocycles. The molecule has 0 saturated heterocycles. The molecule has 1 aliphatic rings. The fourth-order valence-corrected chi connectivity index (χ4v) is 2.65. The quantitative estimate of drug-likeness (QED) is 0.868. The van der Waals surface area contributed by atoms with Gasteiger partial charge in [-0.25, -0.2) is 4.98 Å². The van der Waals surface area contributed by atoms with Gasteiger partial charge < -0.3 is 15.0 Å². The van der Waals surface area contributed by atoms with Crippen LogP contribution in [0.1, 0.15) is 13.8 Å². The number of nitrogens with zero attached hydrogens (tertiary/aromatic N) is 2. The summed E-state index contributed by atoms with van der Waals surface area (Å²) < 4.78 is 5.76. The molecule has 0 fully saturated rings. The maximum absolute atomic E-state index is 12.8. The van der Waals surface area contributed by atoms with Gasteiger partial charge in [-0.3, -0.25) is 9.59 Å². The summed E-state index contributed by atoms with van der Waals surface area (Å²) in [5.41, 5.74) is -1.02. The number of para-hydroxylation sites is 2. The molecule has 1 atom stereocenters. The van der Waals surface area contributed by atoms with Gasteiger partial charge in [-0.2, -0.15) is 0 Å². The van der Waals surface area contributed by atoms with Crippen molar-refractivity contribution in [2.45, 2.75) is 19.4 Å². The van der Waals surface area contributed by atoms with Gasteiger partial charge in [0.25, 0.3) is 17.4 Å². The number of halogens is 1. The molecule has 1 unspecified atom stereocenters. The van der Waals surface area contributed by atoms with Crippen LogP contribution in [-0.2, 0) is 9.59 Å². The number of hydrogen-bond donors (Lipinski definition) is 1. The van der Waals surface area contributed by atoms with Gasteiger partial charge in [0.15, 0.2) is 0 Å². The van der Waals surface area contributed by atoms with Crippen molar-refractivity contribution in [2.75, 3.05) is 16.8 Å². The van der Waals surface area contributed by atoms with Crippen LogP contribution in [0.25, 0.3) is 0 Å². The molecule has 24 heavy (non-hydrogen) atoms. The SMILES string of the molecule is CCN1C(=O)C(C)(C(=O)Nc2ccc(Cl)cn2)Oc2ccccc21. The van der Waals surface area contributed by atoms with E-state index in [9.17, 15) is 9.59 Å². The Bertz CT molecular complexity index is 794. The van der Waals surface area contributed by atoms with Gasteiger partial charge in [-0.15, -0.1) is 0 Å². The molecular formula is C17H16ClN3O3. The number of carbonyl (C=O) groups is 2. The number of pyridine rings is 1. The number of aromatic nitrogens is 1. The molecule has 3 rings (SSSR count). The second-order valence-corrected chi connectivity index (χ2v) is 5.90. The molecule has 124 valence electrons. The normalized spacial score (nSPS) is 19.5. The van der Waals surface area contributed by atoms with Crippen LogP contribution in [0, 0.1) is 0 Å². The zero-order valence-corrected chi connectivity index (χ0v) is 14.0. The number of hydrogen-bond acceptors (Lipinski definition) is 4. The van der Waals surface area contributed by atoms with E-state index in [4.69, 9.17) is 16.3 Å². The lowest BCUT2D eigenvalue weighted by molar-refractivity contribution is -0.145. The van der Waals surface area contributed by atoms with E-state index < -0.39 is 17.4 Å². The Morgan fingerprint density at radius 2 is 2.08 bits per heavy atom. The maximum Gasteiger partial charge on any atom is 0.280 e. The highest BCUT2D eigenvalue weighted by molar-refractivity contribution is 6.30. The molecule has 1 aromatic carbocycles. The van der Waals surface area contributed by atoms with Gasteiger partial charge >= 0.3 is 0 Å². The minimum Gasteiger partial charge on any atom is -0.465 e. The van der Waals surface area contributed by atoms with Gasteiger partial charge in [0.05, 0.1) is 10.7 Å². The molecular weight excluding hydrogens is 330 g/mol. The molecule has 1 aliphatic heterocycles. The number of likely N-dealkylation sites (N-methyl/N-ethyl adjacent to an activating group) is 1. The van der Waals surface area contributed by atoms with Crippen LogP contribution in [0.4, 0.5) is 11.5 Å². The molecule has 7 heteroatoms. The Hall–Kier alpha value is -2.60. The van der Waals surface area contributed by atoms with Gasteiger partial charge in [0.1, 0.15) is 11.6 Å². The third-order valence-electron chi connectivity index (χ3n) is 3.84. The van der Waals surface area contributed by atoms with Crippen LogP contribution in [-0.4, -0.2) is 28.9 Å². The topological polar surface area (TPSA) is 71.5 Å². The third-order valence-corrected chi connectivity index (χ3v) is 4.07. The molecule has 1 aromatic heterocycles. The Morgan fingerprint density at radius 3 is 2.75 bits per heavy atom. The summed E-state index contributed by atoms with van der Waals surface area (Å²) in [5.74, 6) is -0.227. The molecule has 2 amide bonds. The standard InChI is InChI=1S/C17H16ClN3O3/c1-3-21-12-6-4-5-7-13(12)24-17(2,16(21)23)15(22)20-14-9-8-11(18)10-19-14/h4-10H,3H2,1-2H3,(H,19,20,22). The van der Waals surface area contributed by atoms with E-state index in [1.807, 2.05) is 13.0 Å². The van der Waals surface area contributed by atoms with E-state index in [0.29, 0.717) is 28.8 Å². The predicted octanol–water partition coefficient (Wildman–Crippen LogP) is 2.88. The van der Waals surface area contributed by atoms with Crippen molar-refractivity contribution in [3.63, 3.8) is 0 Å². The lowest BCUT2D eigenvalue weighted by Crippen LogP contribution is -2.60. The van der Waals surface area contributed by atoms with Crippen molar-refractivity contribution in [3.8, 4) is 5.75 Å². The van der Waals surface area contributed by atoms with Crippen molar-refractivity contribution >= 4 is 34.9 Å². The maximum atomic E-state index is 12.8. The Kier molecular flexibility index (Phi) is 4.15. The van der Waals surface area contributed by atoms with Crippen LogP contribution in [0.5, 0.6) is 5.75 Å². The number of ether oxygens (including phenoxy) is 1. The minimum absolute atomic E-state index is 0.295. The molecule has 2 heterocycles. The summed E-state index contributed by atoms with van der Waals surface area (Å²) in [4.78, 5) is 31.1. The highest BCUT2D eigenvalue weighted by atomic mass is 35.5. The van der Waals surface area contributed by atoms with Gasteiger partial charge in [0.2, 0.25) is 0 Å². The monoisotopic (exact) mass is 345 g/mol. The first-order chi connectivity index (χ1) is 11.5. The molecule has 0 spiro atoms. The minimum atomic E-state index is -1.67. The first-order valence-corrected chi connectivity index (χ1v) is 7.86. The van der Waals surface area contributed by atoms with Crippen molar-refractivity contribution in [3.05, 3.63) is 47.6 Å². The van der Waals surface area contributed by atoms with E-state index in [-0.39, 0.29) is 0 Å². The van der Waals surface area contributed by atoms with Crippen LogP contribution in [0.3, 0.4) is 0 Å². The summed E-state index contributed by atoms with van der Waals surface area (Å²) in [6.07, 6.45) is 1.41. The fraction of sp³-hybridized carbons (Fsp3) is 0.235. The van der Waals surface area contributed by atoms with Gasteiger partial charge in [0, 0.05) is 12.7 Å². The van der Waals surface area contributed by atoms with E-state index in [2.05, 4.69) is 10.3 Å². The van der Waals surface area contributed by atoms with Crippen LogP contribution in [0.15, 0.2) is 42.6 Å². The average molecular weight is 346 g/mol. The Labute approximate surface area is 144 Å². The number of nitrogens with one attached hydrogen (secondary N) is 1. The van der Waals surface area contributed by atoms with Crippen LogP contribution < -0.4 is 15.0 Å². The zero-order valence-electron chi connectivity index (χ0n) is 13.2. The predicted molar refractivity (Wildman–Crippen MR) is 91.4 cm³/mol. The average Bonchev–Trinajstić information content (AvgIpc) is 2.58. The smallest absolute Gasteiger partial charge is 0.280 e. The number of rotatable bonds is 3. The fourth-order valence-electron chi connectivity index (χ4n) is 2.54. The van der Waals surface area contributed by atoms with E-state index in [0.717, 1.165) is 0 Å². The van der Waals surface area contributed by atoms with Crippen molar-refractivity contribution in [1.29, 1.82) is 0 Å². The molecule has 0 bridgehead atoms. The molecule has 2 aromatic rings. The number of fused-ring (bicyclic) bond motifs is 1. The summed E-state index contributed by atoms with van der Waals surface area (Å²) in [6, 6.07) is 10.3. The van der Waals surface area contributed by atoms with Crippen LogP contribution >= 0.6 is 11.6 Å². The van der Waals surface area contributed by atoms with E-state index >= 15 is 0 Å². The summed E-state index contributed by atoms with van der Waals surface area (Å²) in [7, 11) is 0. The van der Waals surface area contributed by atoms with E-state index in [1.165, 1.54) is 18.0 Å². The number of carbonyl (C=O) groups excluding carboxylic acids is 2. The highest BCUT2D eigenvalue weighted by Gasteiger charge is 2.50. The number of amides is 2. The molecule has 6 nitrogen and oxygen atoms in total. The molecule has 0 aliphatic carbocycles. The molecule has 0 radical (unpaired) electrons. The second-order valence-electron chi connectivity index (χ2n) is 5.47. The zero-order chi connectivity index (χ0) is 17.3. The number of anilines is 2. The number of benzene rings is 1. The molecule has 1 N–H and O–H groups in total. The second kappa shape index (κ2) is 6.13. The largest absolute Gasteiger partial charge is 0.465 e. The van der Waals surface area contributed by atoms with Crippen molar-refractivity contribution < 1.29 is 14.3 Å². The summed E-state index contributed by atoms with van der Waals surface area (Å²) >= 11 is 5.78. The van der Waals surface area contributed by atoms with Gasteiger partial charge in [-0.1, -0.05) is 23.7 Å². The first kappa shape index (κ1) is 16.3. The van der Waals surface area contributed by atoms with Crippen LogP contribution in [0.2, 0.25) is 5.02 Å². The Balaban J connectivity index is 1.92. The summed E-state index contributed by atoms with van der Waals surface area (Å²) in [5, 5.41) is 3.06. The third kappa shape index (κ3) is 2.69. The first-order valence-electron chi connectivity index (χ1n) is 7.48. The summed E-state index contributed by atoms with van der Waals surface area (Å²) in [6.45, 7) is 3.74. The van der Waals surface area contributed by atoms with Crippen molar-refractivity contribution in [1.82, 2.24) is 4.98 Å². The van der Waals surface area contributed by atoms with Crippen molar-refractivity contribution in [2.24, 2.45) is 0 Å². The van der Waals surface area contributed by atoms with Gasteiger partial charge in [-0.05, 0) is 38.1 Å². The Morgan fingerprint density at radius 1 is 1.33 bits per heavy atom. The lowest BCUT2D eigenvalue weighted by Gasteiger charge is -2.39.